The Bertz CT molecular complexity index is 1010. The van der Waals surface area contributed by atoms with Crippen molar-refractivity contribution in [3.8, 4) is 5.75 Å². The average molecular weight is 469 g/mol. The van der Waals surface area contributed by atoms with E-state index in [0.29, 0.717) is 54.0 Å². The molecule has 0 radical (unpaired) electrons. The quantitative estimate of drug-likeness (QED) is 0.739. The Morgan fingerprint density at radius 2 is 1.84 bits per heavy atom. The van der Waals surface area contributed by atoms with Crippen molar-refractivity contribution in [3.05, 3.63) is 56.2 Å². The van der Waals surface area contributed by atoms with Crippen LogP contribution in [0.2, 0.25) is 10.0 Å². The minimum absolute atomic E-state index is 0.171. The first kappa shape index (κ1) is 23.4. The Morgan fingerprint density at radius 3 is 2.45 bits per heavy atom. The van der Waals surface area contributed by atoms with Gasteiger partial charge in [0.15, 0.2) is 0 Å². The fourth-order valence-electron chi connectivity index (χ4n) is 3.20. The molecule has 1 amide bonds. The number of nitrogens with zero attached hydrogens (tertiary/aromatic N) is 4. The summed E-state index contributed by atoms with van der Waals surface area (Å²) in [4.78, 5) is 32.7. The number of halogens is 2. The van der Waals surface area contributed by atoms with Gasteiger partial charge in [-0.1, -0.05) is 29.3 Å². The molecule has 0 saturated carbocycles. The van der Waals surface area contributed by atoms with Crippen LogP contribution in [0.25, 0.3) is 0 Å². The summed E-state index contributed by atoms with van der Waals surface area (Å²) in [6, 6.07) is 5.01. The minimum atomic E-state index is -0.539. The van der Waals surface area contributed by atoms with Crippen molar-refractivity contribution in [3.63, 3.8) is 0 Å². The van der Waals surface area contributed by atoms with Crippen LogP contribution in [0.5, 0.6) is 5.75 Å². The molecule has 168 valence electrons. The van der Waals surface area contributed by atoms with Crippen LogP contribution in [0.1, 0.15) is 32.0 Å². The van der Waals surface area contributed by atoms with Crippen LogP contribution in [0.15, 0.2) is 29.3 Å². The van der Waals surface area contributed by atoms with Gasteiger partial charge in [-0.05, 0) is 38.5 Å². The number of hydrogen-bond donors (Lipinski definition) is 1. The lowest BCUT2D eigenvalue weighted by Crippen LogP contribution is -2.49. The van der Waals surface area contributed by atoms with Gasteiger partial charge in [0.2, 0.25) is 5.75 Å². The van der Waals surface area contributed by atoms with Gasteiger partial charge in [-0.3, -0.25) is 14.3 Å². The third kappa shape index (κ3) is 6.12. The van der Waals surface area contributed by atoms with Gasteiger partial charge < -0.3 is 14.7 Å². The molecule has 0 spiro atoms. The lowest BCUT2D eigenvalue weighted by atomic mass is 10.2. The molecule has 1 fully saturated rings. The molecule has 0 atom stereocenters. The van der Waals surface area contributed by atoms with E-state index in [4.69, 9.17) is 27.9 Å². The molecule has 2 aromatic rings. The Balaban J connectivity index is 1.63. The lowest BCUT2D eigenvalue weighted by Gasteiger charge is -2.35. The minimum Gasteiger partial charge on any atom is -0.502 e. The van der Waals surface area contributed by atoms with E-state index in [1.165, 1.54) is 10.9 Å². The molecule has 1 saturated heterocycles. The highest BCUT2D eigenvalue weighted by molar-refractivity contribution is 6.35. The molecule has 1 aliphatic rings. The van der Waals surface area contributed by atoms with Crippen molar-refractivity contribution in [2.45, 2.75) is 39.5 Å². The Morgan fingerprint density at radius 1 is 1.16 bits per heavy atom. The highest BCUT2D eigenvalue weighted by Crippen LogP contribution is 2.22. The highest BCUT2D eigenvalue weighted by atomic mass is 35.5. The fourth-order valence-corrected chi connectivity index (χ4v) is 3.67. The van der Waals surface area contributed by atoms with Crippen LogP contribution in [-0.4, -0.2) is 62.3 Å². The van der Waals surface area contributed by atoms with Crippen LogP contribution >= 0.6 is 23.2 Å². The number of rotatable bonds is 4. The number of amides is 1. The number of carbonyl (C=O) groups excluding carboxylic acids is 1. The molecule has 1 aliphatic heterocycles. The van der Waals surface area contributed by atoms with Gasteiger partial charge in [-0.25, -0.2) is 9.78 Å². The molecular weight excluding hydrogens is 443 g/mol. The number of carbonyl (C=O) groups is 1. The van der Waals surface area contributed by atoms with Crippen molar-refractivity contribution in [1.82, 2.24) is 19.4 Å². The summed E-state index contributed by atoms with van der Waals surface area (Å²) >= 11 is 12.1. The molecule has 2 heterocycles. The zero-order valence-corrected chi connectivity index (χ0v) is 19.3. The lowest BCUT2D eigenvalue weighted by molar-refractivity contribution is 0.0137. The maximum absolute atomic E-state index is 12.6. The molecule has 8 nitrogen and oxygen atoms in total. The van der Waals surface area contributed by atoms with Gasteiger partial charge in [0.05, 0.1) is 12.9 Å². The number of benzene rings is 1. The SMILES string of the molecule is CC(C)(C)OC(=O)N1CCN(Cc2ncn(Cc3ccc(Cl)cc3Cl)c(=O)c2O)CC1. The van der Waals surface area contributed by atoms with E-state index in [2.05, 4.69) is 4.98 Å². The van der Waals surface area contributed by atoms with E-state index in [0.717, 1.165) is 0 Å². The summed E-state index contributed by atoms with van der Waals surface area (Å²) in [7, 11) is 0. The summed E-state index contributed by atoms with van der Waals surface area (Å²) in [6.07, 6.45) is 1.07. The summed E-state index contributed by atoms with van der Waals surface area (Å²) < 4.78 is 6.70. The highest BCUT2D eigenvalue weighted by Gasteiger charge is 2.26. The second-order valence-corrected chi connectivity index (χ2v) is 9.30. The first-order chi connectivity index (χ1) is 14.5. The predicted molar refractivity (Wildman–Crippen MR) is 119 cm³/mol. The summed E-state index contributed by atoms with van der Waals surface area (Å²) in [5.74, 6) is -0.387. The van der Waals surface area contributed by atoms with Crippen molar-refractivity contribution in [2.75, 3.05) is 26.2 Å². The van der Waals surface area contributed by atoms with Crippen LogP contribution in [-0.2, 0) is 17.8 Å². The van der Waals surface area contributed by atoms with E-state index < -0.39 is 11.2 Å². The first-order valence-electron chi connectivity index (χ1n) is 9.95. The molecule has 1 aromatic carbocycles. The summed E-state index contributed by atoms with van der Waals surface area (Å²) in [6.45, 7) is 8.16. The van der Waals surface area contributed by atoms with Gasteiger partial charge >= 0.3 is 6.09 Å². The smallest absolute Gasteiger partial charge is 0.410 e. The van der Waals surface area contributed by atoms with Crippen molar-refractivity contribution in [2.24, 2.45) is 0 Å². The van der Waals surface area contributed by atoms with E-state index in [9.17, 15) is 14.7 Å². The molecule has 0 aliphatic carbocycles. The van der Waals surface area contributed by atoms with E-state index in [1.807, 2.05) is 25.7 Å². The van der Waals surface area contributed by atoms with Crippen LogP contribution < -0.4 is 5.56 Å². The third-order valence-corrected chi connectivity index (χ3v) is 5.43. The van der Waals surface area contributed by atoms with E-state index >= 15 is 0 Å². The monoisotopic (exact) mass is 468 g/mol. The van der Waals surface area contributed by atoms with Crippen molar-refractivity contribution in [1.29, 1.82) is 0 Å². The van der Waals surface area contributed by atoms with Gasteiger partial charge in [0, 0.05) is 42.8 Å². The molecule has 1 aromatic heterocycles. The van der Waals surface area contributed by atoms with Crippen LogP contribution in [0.4, 0.5) is 4.79 Å². The number of piperazine rings is 1. The van der Waals surface area contributed by atoms with Crippen molar-refractivity contribution < 1.29 is 14.6 Å². The third-order valence-electron chi connectivity index (χ3n) is 4.84. The fraction of sp³-hybridized carbons (Fsp3) is 0.476. The topological polar surface area (TPSA) is 87.9 Å². The summed E-state index contributed by atoms with van der Waals surface area (Å²) in [5.41, 5.74) is -0.0811. The molecule has 1 N–H and O–H groups in total. The zero-order valence-electron chi connectivity index (χ0n) is 17.8. The Hall–Kier alpha value is -2.29. The molecule has 31 heavy (non-hydrogen) atoms. The molecule has 3 rings (SSSR count). The van der Waals surface area contributed by atoms with Gasteiger partial charge in [-0.2, -0.15) is 0 Å². The predicted octanol–water partition coefficient (Wildman–Crippen LogP) is 3.36. The normalized spacial score (nSPS) is 15.2. The van der Waals surface area contributed by atoms with Gasteiger partial charge in [-0.15, -0.1) is 0 Å². The standard InChI is InChI=1S/C21H26Cl2N4O4/c1-21(2,3)31-20(30)26-8-6-25(7-9-26)12-17-18(28)19(29)27(13-24-17)11-14-4-5-15(22)10-16(14)23/h4-5,10,13,28H,6-9,11-12H2,1-3H3. The molecule has 0 bridgehead atoms. The number of aromatic hydroxyl groups is 1. The van der Waals surface area contributed by atoms with Crippen molar-refractivity contribution >= 4 is 29.3 Å². The Labute approximate surface area is 191 Å². The molecular formula is C21H26Cl2N4O4. The van der Waals surface area contributed by atoms with Crippen LogP contribution in [0.3, 0.4) is 0 Å². The summed E-state index contributed by atoms with van der Waals surface area (Å²) in [5, 5.41) is 11.3. The first-order valence-corrected chi connectivity index (χ1v) is 10.7. The number of hydrogen-bond acceptors (Lipinski definition) is 6. The maximum atomic E-state index is 12.6. The number of aromatic nitrogens is 2. The second kappa shape index (κ2) is 9.46. The van der Waals surface area contributed by atoms with Gasteiger partial charge in [0.1, 0.15) is 11.3 Å². The van der Waals surface area contributed by atoms with E-state index in [-0.39, 0.29) is 18.4 Å². The largest absolute Gasteiger partial charge is 0.502 e. The second-order valence-electron chi connectivity index (χ2n) is 8.45. The number of ether oxygens (including phenoxy) is 1. The van der Waals surface area contributed by atoms with Gasteiger partial charge in [0.25, 0.3) is 5.56 Å². The maximum Gasteiger partial charge on any atom is 0.410 e. The Kier molecular flexibility index (Phi) is 7.13. The molecule has 0 unspecified atom stereocenters. The van der Waals surface area contributed by atoms with E-state index in [1.54, 1.807) is 23.1 Å². The average Bonchev–Trinajstić information content (AvgIpc) is 2.68. The zero-order chi connectivity index (χ0) is 22.8. The molecule has 10 heteroatoms. The van der Waals surface area contributed by atoms with Crippen LogP contribution in [0, 0.1) is 0 Å².